The monoisotopic (exact) mass is 262 g/mol. The molecule has 3 heteroatoms. The van der Waals surface area contributed by atoms with Crippen LogP contribution in [0.25, 0.3) is 0 Å². The van der Waals surface area contributed by atoms with E-state index in [2.05, 4.69) is 13.8 Å². The lowest BCUT2D eigenvalue weighted by Gasteiger charge is -2.12. The molecule has 0 N–H and O–H groups in total. The second-order valence-electron chi connectivity index (χ2n) is 4.99. The van der Waals surface area contributed by atoms with E-state index in [-0.39, 0.29) is 11.7 Å². The highest BCUT2D eigenvalue weighted by molar-refractivity contribution is 6.01. The van der Waals surface area contributed by atoms with Crippen LogP contribution in [0.4, 0.5) is 0 Å². The first-order valence-electron chi connectivity index (χ1n) is 7.20. The summed E-state index contributed by atoms with van der Waals surface area (Å²) in [5.41, 5.74) is 0.708. The molecule has 0 saturated heterocycles. The van der Waals surface area contributed by atoms with Crippen LogP contribution in [0.5, 0.6) is 11.5 Å². The lowest BCUT2D eigenvalue weighted by Crippen LogP contribution is -2.07. The van der Waals surface area contributed by atoms with Crippen molar-refractivity contribution in [3.05, 3.63) is 23.8 Å². The quantitative estimate of drug-likeness (QED) is 0.667. The number of Topliss-reactive ketones (excluding diaryl/α,β-unsaturated/α-hetero) is 1. The Hall–Kier alpha value is -1.51. The summed E-state index contributed by atoms with van der Waals surface area (Å²) in [6, 6.07) is 5.56. The molecule has 1 fully saturated rings. The third-order valence-corrected chi connectivity index (χ3v) is 3.10. The van der Waals surface area contributed by atoms with E-state index in [0.29, 0.717) is 24.5 Å². The first kappa shape index (κ1) is 13.9. The molecule has 1 aliphatic rings. The second kappa shape index (κ2) is 6.60. The van der Waals surface area contributed by atoms with Crippen molar-refractivity contribution in [2.24, 2.45) is 5.92 Å². The summed E-state index contributed by atoms with van der Waals surface area (Å²) >= 11 is 0. The molecule has 0 aliphatic heterocycles. The van der Waals surface area contributed by atoms with Gasteiger partial charge in [0.15, 0.2) is 5.78 Å². The Balaban J connectivity index is 2.17. The van der Waals surface area contributed by atoms with E-state index in [1.54, 1.807) is 0 Å². The van der Waals surface area contributed by atoms with Crippen LogP contribution in [0.15, 0.2) is 18.2 Å². The fourth-order valence-electron chi connectivity index (χ4n) is 1.91. The van der Waals surface area contributed by atoms with Gasteiger partial charge in [-0.3, -0.25) is 4.79 Å². The van der Waals surface area contributed by atoms with Crippen LogP contribution >= 0.6 is 0 Å². The van der Waals surface area contributed by atoms with Crippen molar-refractivity contribution in [3.63, 3.8) is 0 Å². The van der Waals surface area contributed by atoms with E-state index in [4.69, 9.17) is 9.47 Å². The number of ether oxygens (including phenoxy) is 2. The standard InChI is InChI=1S/C16H22O3/c1-3-9-18-13-7-8-14(16(17)12-5-6-12)15(11-13)19-10-4-2/h7-8,11-12H,3-6,9-10H2,1-2H3. The number of carbonyl (C=O) groups excluding carboxylic acids is 1. The summed E-state index contributed by atoms with van der Waals surface area (Å²) in [5, 5.41) is 0. The number of ketones is 1. The smallest absolute Gasteiger partial charge is 0.169 e. The summed E-state index contributed by atoms with van der Waals surface area (Å²) in [4.78, 5) is 12.2. The van der Waals surface area contributed by atoms with Gasteiger partial charge in [-0.05, 0) is 37.8 Å². The van der Waals surface area contributed by atoms with Gasteiger partial charge in [-0.2, -0.15) is 0 Å². The first-order valence-corrected chi connectivity index (χ1v) is 7.20. The van der Waals surface area contributed by atoms with Crippen LogP contribution in [0.1, 0.15) is 49.9 Å². The van der Waals surface area contributed by atoms with Gasteiger partial charge >= 0.3 is 0 Å². The van der Waals surface area contributed by atoms with Crippen LogP contribution in [0.3, 0.4) is 0 Å². The van der Waals surface area contributed by atoms with Crippen molar-refractivity contribution in [2.45, 2.75) is 39.5 Å². The molecule has 1 saturated carbocycles. The van der Waals surface area contributed by atoms with Crippen LogP contribution < -0.4 is 9.47 Å². The molecule has 2 rings (SSSR count). The Morgan fingerprint density at radius 1 is 1.16 bits per heavy atom. The molecule has 0 atom stereocenters. The highest BCUT2D eigenvalue weighted by Gasteiger charge is 2.32. The van der Waals surface area contributed by atoms with Gasteiger partial charge in [0.05, 0.1) is 18.8 Å². The summed E-state index contributed by atoms with van der Waals surface area (Å²) in [7, 11) is 0. The topological polar surface area (TPSA) is 35.5 Å². The number of hydrogen-bond acceptors (Lipinski definition) is 3. The van der Waals surface area contributed by atoms with E-state index in [1.807, 2.05) is 18.2 Å². The minimum Gasteiger partial charge on any atom is -0.493 e. The Bertz CT molecular complexity index is 436. The maximum absolute atomic E-state index is 12.2. The van der Waals surface area contributed by atoms with Crippen LogP contribution in [-0.2, 0) is 0 Å². The highest BCUT2D eigenvalue weighted by Crippen LogP contribution is 2.36. The second-order valence-corrected chi connectivity index (χ2v) is 4.99. The molecular weight excluding hydrogens is 240 g/mol. The number of hydrogen-bond donors (Lipinski definition) is 0. The fourth-order valence-corrected chi connectivity index (χ4v) is 1.91. The van der Waals surface area contributed by atoms with Gasteiger partial charge in [-0.1, -0.05) is 13.8 Å². The van der Waals surface area contributed by atoms with Crippen LogP contribution in [-0.4, -0.2) is 19.0 Å². The van der Waals surface area contributed by atoms with Crippen molar-refractivity contribution >= 4 is 5.78 Å². The highest BCUT2D eigenvalue weighted by atomic mass is 16.5. The zero-order valence-electron chi connectivity index (χ0n) is 11.8. The molecule has 0 bridgehead atoms. The van der Waals surface area contributed by atoms with E-state index in [0.717, 1.165) is 31.4 Å². The Kier molecular flexibility index (Phi) is 4.83. The Morgan fingerprint density at radius 3 is 2.47 bits per heavy atom. The largest absolute Gasteiger partial charge is 0.493 e. The lowest BCUT2D eigenvalue weighted by molar-refractivity contribution is 0.0963. The zero-order valence-corrected chi connectivity index (χ0v) is 11.8. The summed E-state index contributed by atoms with van der Waals surface area (Å²) in [6.45, 7) is 5.44. The summed E-state index contributed by atoms with van der Waals surface area (Å²) in [5.74, 6) is 1.88. The molecular formula is C16H22O3. The molecule has 1 aromatic carbocycles. The molecule has 0 unspecified atom stereocenters. The molecule has 0 heterocycles. The normalized spacial score (nSPS) is 14.2. The van der Waals surface area contributed by atoms with Crippen molar-refractivity contribution < 1.29 is 14.3 Å². The number of benzene rings is 1. The molecule has 0 spiro atoms. The zero-order chi connectivity index (χ0) is 13.7. The van der Waals surface area contributed by atoms with E-state index in [1.165, 1.54) is 0 Å². The van der Waals surface area contributed by atoms with Crippen LogP contribution in [0, 0.1) is 5.92 Å². The van der Waals surface area contributed by atoms with E-state index >= 15 is 0 Å². The van der Waals surface area contributed by atoms with Crippen molar-refractivity contribution in [1.29, 1.82) is 0 Å². The predicted octanol–water partition coefficient (Wildman–Crippen LogP) is 3.86. The molecule has 19 heavy (non-hydrogen) atoms. The molecule has 1 aliphatic carbocycles. The van der Waals surface area contributed by atoms with Crippen molar-refractivity contribution in [2.75, 3.05) is 13.2 Å². The molecule has 3 nitrogen and oxygen atoms in total. The lowest BCUT2D eigenvalue weighted by atomic mass is 10.1. The molecule has 0 amide bonds. The van der Waals surface area contributed by atoms with Gasteiger partial charge in [0.2, 0.25) is 0 Å². The summed E-state index contributed by atoms with van der Waals surface area (Å²) in [6.07, 6.45) is 3.92. The molecule has 0 aromatic heterocycles. The number of carbonyl (C=O) groups is 1. The maximum atomic E-state index is 12.2. The van der Waals surface area contributed by atoms with Crippen molar-refractivity contribution in [1.82, 2.24) is 0 Å². The van der Waals surface area contributed by atoms with E-state index in [9.17, 15) is 4.79 Å². The van der Waals surface area contributed by atoms with Gasteiger partial charge < -0.3 is 9.47 Å². The average Bonchev–Trinajstić information content (AvgIpc) is 3.26. The van der Waals surface area contributed by atoms with Gasteiger partial charge in [0, 0.05) is 12.0 Å². The van der Waals surface area contributed by atoms with Crippen LogP contribution in [0.2, 0.25) is 0 Å². The molecule has 0 radical (unpaired) electrons. The summed E-state index contributed by atoms with van der Waals surface area (Å²) < 4.78 is 11.3. The van der Waals surface area contributed by atoms with Gasteiger partial charge in [0.1, 0.15) is 11.5 Å². The minimum atomic E-state index is 0.214. The maximum Gasteiger partial charge on any atom is 0.169 e. The van der Waals surface area contributed by atoms with Gasteiger partial charge in [-0.25, -0.2) is 0 Å². The Labute approximate surface area is 114 Å². The minimum absolute atomic E-state index is 0.214. The van der Waals surface area contributed by atoms with Crippen molar-refractivity contribution in [3.8, 4) is 11.5 Å². The third-order valence-electron chi connectivity index (χ3n) is 3.10. The fraction of sp³-hybridized carbons (Fsp3) is 0.562. The molecule has 1 aromatic rings. The number of rotatable bonds is 8. The first-order chi connectivity index (χ1) is 9.26. The SMILES string of the molecule is CCCOc1ccc(C(=O)C2CC2)c(OCCC)c1. The molecule has 104 valence electrons. The predicted molar refractivity (Wildman–Crippen MR) is 75.1 cm³/mol. The average molecular weight is 262 g/mol. The third kappa shape index (κ3) is 3.72. The van der Waals surface area contributed by atoms with Gasteiger partial charge in [0.25, 0.3) is 0 Å². The van der Waals surface area contributed by atoms with Gasteiger partial charge in [-0.15, -0.1) is 0 Å². The van der Waals surface area contributed by atoms with E-state index < -0.39 is 0 Å². The Morgan fingerprint density at radius 2 is 1.84 bits per heavy atom.